The standard InChI is InChI=1S/C25H22N2O5/c1-17-23(27-24(32-17)19-8-4-3-5-9-19)16-31-21-10-6-7-18(11-21)15-30-22-12-20(13-26-14-22)25(28)29-2/h3-14H,15-16H2,1-2H3. The number of pyridine rings is 1. The zero-order valence-corrected chi connectivity index (χ0v) is 17.8. The lowest BCUT2D eigenvalue weighted by molar-refractivity contribution is 0.0599. The second-order valence-corrected chi connectivity index (χ2v) is 7.01. The lowest BCUT2D eigenvalue weighted by Crippen LogP contribution is -2.03. The SMILES string of the molecule is COC(=O)c1cncc(OCc2cccc(OCc3nc(-c4ccccc4)oc3C)c2)c1. The summed E-state index contributed by atoms with van der Waals surface area (Å²) in [6, 6.07) is 18.9. The molecule has 32 heavy (non-hydrogen) atoms. The van der Waals surface area contributed by atoms with Gasteiger partial charge in [-0.1, -0.05) is 30.3 Å². The summed E-state index contributed by atoms with van der Waals surface area (Å²) in [5, 5.41) is 0. The van der Waals surface area contributed by atoms with Crippen LogP contribution in [0.3, 0.4) is 0 Å². The van der Waals surface area contributed by atoms with Crippen LogP contribution in [-0.4, -0.2) is 23.0 Å². The summed E-state index contributed by atoms with van der Waals surface area (Å²) in [5.41, 5.74) is 2.91. The van der Waals surface area contributed by atoms with Crippen molar-refractivity contribution < 1.29 is 23.4 Å². The Morgan fingerprint density at radius 2 is 1.75 bits per heavy atom. The maximum absolute atomic E-state index is 11.6. The first-order valence-electron chi connectivity index (χ1n) is 10.0. The molecule has 0 bridgehead atoms. The lowest BCUT2D eigenvalue weighted by atomic mass is 10.2. The molecule has 0 fully saturated rings. The van der Waals surface area contributed by atoms with Gasteiger partial charge in [0.15, 0.2) is 0 Å². The molecule has 0 N–H and O–H groups in total. The number of rotatable bonds is 8. The highest BCUT2D eigenvalue weighted by Crippen LogP contribution is 2.23. The van der Waals surface area contributed by atoms with E-state index >= 15 is 0 Å². The summed E-state index contributed by atoms with van der Waals surface area (Å²) in [6.07, 6.45) is 2.98. The predicted molar refractivity (Wildman–Crippen MR) is 117 cm³/mol. The van der Waals surface area contributed by atoms with Crippen LogP contribution in [0.4, 0.5) is 0 Å². The molecule has 2 heterocycles. The first kappa shape index (κ1) is 21.1. The highest BCUT2D eigenvalue weighted by molar-refractivity contribution is 5.89. The van der Waals surface area contributed by atoms with Crippen LogP contribution in [-0.2, 0) is 18.0 Å². The Morgan fingerprint density at radius 1 is 0.938 bits per heavy atom. The largest absolute Gasteiger partial charge is 0.487 e. The number of hydrogen-bond acceptors (Lipinski definition) is 7. The summed E-state index contributed by atoms with van der Waals surface area (Å²) in [7, 11) is 1.32. The first-order chi connectivity index (χ1) is 15.6. The van der Waals surface area contributed by atoms with Gasteiger partial charge in [0.1, 0.15) is 36.2 Å². The number of methoxy groups -OCH3 is 1. The minimum atomic E-state index is -0.461. The van der Waals surface area contributed by atoms with Gasteiger partial charge in [-0.2, -0.15) is 0 Å². The Bertz CT molecular complexity index is 1200. The van der Waals surface area contributed by atoms with Crippen molar-refractivity contribution in [3.8, 4) is 23.0 Å². The van der Waals surface area contributed by atoms with E-state index in [1.807, 2.05) is 61.5 Å². The molecule has 2 aromatic carbocycles. The minimum Gasteiger partial charge on any atom is -0.487 e. The molecular formula is C25H22N2O5. The molecule has 4 aromatic rings. The highest BCUT2D eigenvalue weighted by Gasteiger charge is 2.12. The summed E-state index contributed by atoms with van der Waals surface area (Å²) >= 11 is 0. The zero-order chi connectivity index (χ0) is 22.3. The van der Waals surface area contributed by atoms with Gasteiger partial charge in [0, 0.05) is 11.8 Å². The molecule has 0 atom stereocenters. The third kappa shape index (κ3) is 5.13. The van der Waals surface area contributed by atoms with E-state index in [2.05, 4.69) is 9.97 Å². The molecule has 162 valence electrons. The molecule has 0 aliphatic carbocycles. The topological polar surface area (TPSA) is 83.7 Å². The molecule has 0 saturated heterocycles. The Hall–Kier alpha value is -4.13. The van der Waals surface area contributed by atoms with E-state index in [0.717, 1.165) is 22.6 Å². The van der Waals surface area contributed by atoms with E-state index < -0.39 is 5.97 Å². The number of esters is 1. The van der Waals surface area contributed by atoms with Gasteiger partial charge in [0.2, 0.25) is 5.89 Å². The Labute approximate surface area is 185 Å². The maximum Gasteiger partial charge on any atom is 0.339 e. The van der Waals surface area contributed by atoms with Gasteiger partial charge in [-0.05, 0) is 42.8 Å². The van der Waals surface area contributed by atoms with Gasteiger partial charge in [-0.15, -0.1) is 0 Å². The highest BCUT2D eigenvalue weighted by atomic mass is 16.5. The summed E-state index contributed by atoms with van der Waals surface area (Å²) in [4.78, 5) is 20.2. The number of aromatic nitrogens is 2. The van der Waals surface area contributed by atoms with Crippen molar-refractivity contribution in [1.29, 1.82) is 0 Å². The van der Waals surface area contributed by atoms with Gasteiger partial charge in [0.05, 0.1) is 18.9 Å². The van der Waals surface area contributed by atoms with Crippen LogP contribution in [0, 0.1) is 6.92 Å². The van der Waals surface area contributed by atoms with E-state index in [4.69, 9.17) is 18.6 Å². The second kappa shape index (κ2) is 9.78. The Morgan fingerprint density at radius 3 is 2.56 bits per heavy atom. The van der Waals surface area contributed by atoms with Crippen LogP contribution in [0.2, 0.25) is 0 Å². The molecule has 0 saturated carbocycles. The van der Waals surface area contributed by atoms with Crippen molar-refractivity contribution in [2.45, 2.75) is 20.1 Å². The Kier molecular flexibility index (Phi) is 6.46. The number of aryl methyl sites for hydroxylation is 1. The van der Waals surface area contributed by atoms with E-state index in [1.54, 1.807) is 12.3 Å². The zero-order valence-electron chi connectivity index (χ0n) is 17.8. The lowest BCUT2D eigenvalue weighted by Gasteiger charge is -2.09. The number of carbonyl (C=O) groups excluding carboxylic acids is 1. The number of hydrogen-bond donors (Lipinski definition) is 0. The number of carbonyl (C=O) groups is 1. The third-order valence-corrected chi connectivity index (χ3v) is 4.73. The van der Waals surface area contributed by atoms with Crippen molar-refractivity contribution in [2.24, 2.45) is 0 Å². The minimum absolute atomic E-state index is 0.289. The normalized spacial score (nSPS) is 10.6. The van der Waals surface area contributed by atoms with Gasteiger partial charge < -0.3 is 18.6 Å². The number of nitrogens with zero attached hydrogens (tertiary/aromatic N) is 2. The van der Waals surface area contributed by atoms with Gasteiger partial charge >= 0.3 is 5.97 Å². The molecule has 2 aromatic heterocycles. The molecule has 0 amide bonds. The predicted octanol–water partition coefficient (Wildman–Crippen LogP) is 4.99. The quantitative estimate of drug-likeness (QED) is 0.364. The number of ether oxygens (including phenoxy) is 3. The van der Waals surface area contributed by atoms with E-state index in [-0.39, 0.29) is 6.61 Å². The fourth-order valence-electron chi connectivity index (χ4n) is 3.04. The fraction of sp³-hybridized carbons (Fsp3) is 0.160. The van der Waals surface area contributed by atoms with Crippen LogP contribution in [0.1, 0.15) is 27.4 Å². The molecule has 0 radical (unpaired) electrons. The molecule has 0 unspecified atom stereocenters. The number of benzene rings is 2. The van der Waals surface area contributed by atoms with Crippen molar-refractivity contribution in [2.75, 3.05) is 7.11 Å². The Balaban J connectivity index is 1.38. The first-order valence-corrected chi connectivity index (χ1v) is 10.0. The fourth-order valence-corrected chi connectivity index (χ4v) is 3.04. The smallest absolute Gasteiger partial charge is 0.339 e. The second-order valence-electron chi connectivity index (χ2n) is 7.01. The summed E-state index contributed by atoms with van der Waals surface area (Å²) in [5.74, 6) is 2.01. The third-order valence-electron chi connectivity index (χ3n) is 4.73. The van der Waals surface area contributed by atoms with Gasteiger partial charge in [-0.3, -0.25) is 4.98 Å². The maximum atomic E-state index is 11.6. The van der Waals surface area contributed by atoms with Crippen LogP contribution in [0.25, 0.3) is 11.5 Å². The summed E-state index contributed by atoms with van der Waals surface area (Å²) < 4.78 is 22.2. The van der Waals surface area contributed by atoms with E-state index in [9.17, 15) is 4.79 Å². The van der Waals surface area contributed by atoms with Crippen molar-refractivity contribution in [3.63, 3.8) is 0 Å². The van der Waals surface area contributed by atoms with Crippen molar-refractivity contribution >= 4 is 5.97 Å². The van der Waals surface area contributed by atoms with E-state index in [1.165, 1.54) is 13.3 Å². The summed E-state index contributed by atoms with van der Waals surface area (Å²) in [6.45, 7) is 2.46. The molecule has 4 rings (SSSR count). The van der Waals surface area contributed by atoms with Crippen molar-refractivity contribution in [3.05, 3.63) is 95.6 Å². The van der Waals surface area contributed by atoms with E-state index in [0.29, 0.717) is 29.6 Å². The van der Waals surface area contributed by atoms with Crippen LogP contribution in [0.15, 0.2) is 77.5 Å². The monoisotopic (exact) mass is 430 g/mol. The van der Waals surface area contributed by atoms with Crippen LogP contribution < -0.4 is 9.47 Å². The molecule has 0 aliphatic rings. The van der Waals surface area contributed by atoms with Crippen LogP contribution in [0.5, 0.6) is 11.5 Å². The van der Waals surface area contributed by atoms with Crippen molar-refractivity contribution in [1.82, 2.24) is 9.97 Å². The van der Waals surface area contributed by atoms with Gasteiger partial charge in [0.25, 0.3) is 0 Å². The number of oxazole rings is 1. The van der Waals surface area contributed by atoms with Gasteiger partial charge in [-0.25, -0.2) is 9.78 Å². The molecule has 7 heteroatoms. The molecule has 7 nitrogen and oxygen atoms in total. The average Bonchev–Trinajstić information content (AvgIpc) is 3.22. The molecular weight excluding hydrogens is 408 g/mol. The average molecular weight is 430 g/mol. The van der Waals surface area contributed by atoms with Crippen LogP contribution >= 0.6 is 0 Å². The molecule has 0 spiro atoms. The molecule has 0 aliphatic heterocycles.